The van der Waals surface area contributed by atoms with Gasteiger partial charge in [-0.25, -0.2) is 0 Å². The van der Waals surface area contributed by atoms with E-state index in [4.69, 9.17) is 4.74 Å². The van der Waals surface area contributed by atoms with Gasteiger partial charge in [0.2, 0.25) is 5.91 Å². The first kappa shape index (κ1) is 12.5. The predicted molar refractivity (Wildman–Crippen MR) is 59.7 cm³/mol. The second kappa shape index (κ2) is 6.80. The summed E-state index contributed by atoms with van der Waals surface area (Å²) in [5.41, 5.74) is 0. The Balaban J connectivity index is 1.98. The molecule has 0 aromatic carbocycles. The fourth-order valence-corrected chi connectivity index (χ4v) is 1.71. The van der Waals surface area contributed by atoms with E-state index in [2.05, 4.69) is 10.6 Å². The molecule has 0 aromatic rings. The lowest BCUT2D eigenvalue weighted by molar-refractivity contribution is -0.122. The Hall–Kier alpha value is -0.610. The van der Waals surface area contributed by atoms with Gasteiger partial charge in [-0.2, -0.15) is 0 Å². The van der Waals surface area contributed by atoms with Crippen molar-refractivity contribution in [3.63, 3.8) is 0 Å². The smallest absolute Gasteiger partial charge is 0.220 e. The van der Waals surface area contributed by atoms with Crippen LogP contribution in [0.1, 0.15) is 26.7 Å². The summed E-state index contributed by atoms with van der Waals surface area (Å²) in [5.74, 6) is 0.673. The SMILES string of the molecule is CC(C)OCCNC(=O)CC1CCNC1. The van der Waals surface area contributed by atoms with Gasteiger partial charge in [0.25, 0.3) is 0 Å². The molecular weight excluding hydrogens is 192 g/mol. The fourth-order valence-electron chi connectivity index (χ4n) is 1.71. The molecule has 4 heteroatoms. The molecule has 1 amide bonds. The van der Waals surface area contributed by atoms with E-state index >= 15 is 0 Å². The van der Waals surface area contributed by atoms with Crippen molar-refractivity contribution < 1.29 is 9.53 Å². The van der Waals surface area contributed by atoms with Crippen molar-refractivity contribution in [2.75, 3.05) is 26.2 Å². The van der Waals surface area contributed by atoms with Crippen LogP contribution in [0.2, 0.25) is 0 Å². The summed E-state index contributed by atoms with van der Waals surface area (Å²) < 4.78 is 5.34. The topological polar surface area (TPSA) is 50.4 Å². The average molecular weight is 214 g/mol. The molecule has 0 spiro atoms. The molecule has 1 saturated heterocycles. The van der Waals surface area contributed by atoms with Gasteiger partial charge < -0.3 is 15.4 Å². The lowest BCUT2D eigenvalue weighted by atomic mass is 10.0. The Labute approximate surface area is 91.8 Å². The minimum Gasteiger partial charge on any atom is -0.377 e. The summed E-state index contributed by atoms with van der Waals surface area (Å²) in [4.78, 5) is 11.4. The van der Waals surface area contributed by atoms with Gasteiger partial charge in [-0.3, -0.25) is 4.79 Å². The van der Waals surface area contributed by atoms with Crippen LogP contribution in [0.4, 0.5) is 0 Å². The van der Waals surface area contributed by atoms with Gasteiger partial charge in [0.15, 0.2) is 0 Å². The highest BCUT2D eigenvalue weighted by molar-refractivity contribution is 5.76. The Kier molecular flexibility index (Phi) is 5.65. The second-order valence-electron chi connectivity index (χ2n) is 4.33. The van der Waals surface area contributed by atoms with Crippen molar-refractivity contribution in [1.29, 1.82) is 0 Å². The van der Waals surface area contributed by atoms with Crippen molar-refractivity contribution in [3.05, 3.63) is 0 Å². The van der Waals surface area contributed by atoms with Gasteiger partial charge in [-0.05, 0) is 39.3 Å². The molecule has 0 radical (unpaired) electrons. The number of nitrogens with one attached hydrogen (secondary N) is 2. The minimum atomic E-state index is 0.149. The maximum absolute atomic E-state index is 11.4. The molecule has 1 atom stereocenters. The third-order valence-electron chi connectivity index (χ3n) is 2.51. The van der Waals surface area contributed by atoms with Crippen LogP contribution in [-0.2, 0) is 9.53 Å². The van der Waals surface area contributed by atoms with E-state index in [1.165, 1.54) is 0 Å². The zero-order chi connectivity index (χ0) is 11.1. The maximum atomic E-state index is 11.4. The van der Waals surface area contributed by atoms with Gasteiger partial charge in [-0.1, -0.05) is 0 Å². The Morgan fingerprint density at radius 3 is 3.00 bits per heavy atom. The molecular formula is C11H22N2O2. The van der Waals surface area contributed by atoms with Gasteiger partial charge in [0, 0.05) is 13.0 Å². The quantitative estimate of drug-likeness (QED) is 0.634. The fraction of sp³-hybridized carbons (Fsp3) is 0.909. The molecule has 2 N–H and O–H groups in total. The van der Waals surface area contributed by atoms with Crippen LogP contribution in [0, 0.1) is 5.92 Å². The molecule has 1 aliphatic heterocycles. The van der Waals surface area contributed by atoms with Gasteiger partial charge in [-0.15, -0.1) is 0 Å². The Morgan fingerprint density at radius 1 is 1.60 bits per heavy atom. The molecule has 1 unspecified atom stereocenters. The summed E-state index contributed by atoms with van der Waals surface area (Å²) >= 11 is 0. The van der Waals surface area contributed by atoms with Gasteiger partial charge in [0.05, 0.1) is 12.7 Å². The largest absolute Gasteiger partial charge is 0.377 e. The molecule has 0 aliphatic carbocycles. The summed E-state index contributed by atoms with van der Waals surface area (Å²) in [5, 5.41) is 6.13. The molecule has 1 aliphatic rings. The number of carbonyl (C=O) groups is 1. The predicted octanol–water partition coefficient (Wildman–Crippen LogP) is 0.527. The van der Waals surface area contributed by atoms with Gasteiger partial charge in [0.1, 0.15) is 0 Å². The van der Waals surface area contributed by atoms with Crippen LogP contribution in [0.5, 0.6) is 0 Å². The minimum absolute atomic E-state index is 0.149. The lowest BCUT2D eigenvalue weighted by Gasteiger charge is -2.10. The molecule has 88 valence electrons. The van der Waals surface area contributed by atoms with Crippen LogP contribution in [0.25, 0.3) is 0 Å². The molecule has 0 aromatic heterocycles. The Bertz CT molecular complexity index is 189. The highest BCUT2D eigenvalue weighted by Gasteiger charge is 2.17. The molecule has 4 nitrogen and oxygen atoms in total. The van der Waals surface area contributed by atoms with Crippen LogP contribution >= 0.6 is 0 Å². The summed E-state index contributed by atoms with van der Waals surface area (Å²) in [7, 11) is 0. The summed E-state index contributed by atoms with van der Waals surface area (Å²) in [6.45, 7) is 7.24. The number of hydrogen-bond acceptors (Lipinski definition) is 3. The first-order chi connectivity index (χ1) is 7.18. The van der Waals surface area contributed by atoms with E-state index in [1.807, 2.05) is 13.8 Å². The molecule has 0 saturated carbocycles. The first-order valence-corrected chi connectivity index (χ1v) is 5.77. The molecule has 1 heterocycles. The number of hydrogen-bond donors (Lipinski definition) is 2. The monoisotopic (exact) mass is 214 g/mol. The molecule has 1 fully saturated rings. The Morgan fingerprint density at radius 2 is 2.40 bits per heavy atom. The van der Waals surface area contributed by atoms with E-state index in [0.29, 0.717) is 25.5 Å². The van der Waals surface area contributed by atoms with E-state index in [-0.39, 0.29) is 12.0 Å². The van der Waals surface area contributed by atoms with E-state index < -0.39 is 0 Å². The number of carbonyl (C=O) groups excluding carboxylic acids is 1. The van der Waals surface area contributed by atoms with E-state index in [9.17, 15) is 4.79 Å². The first-order valence-electron chi connectivity index (χ1n) is 5.77. The normalized spacial score (nSPS) is 20.9. The van der Waals surface area contributed by atoms with E-state index in [0.717, 1.165) is 19.5 Å². The van der Waals surface area contributed by atoms with Crippen molar-refractivity contribution >= 4 is 5.91 Å². The second-order valence-corrected chi connectivity index (χ2v) is 4.33. The van der Waals surface area contributed by atoms with Crippen LogP contribution in [0.3, 0.4) is 0 Å². The maximum Gasteiger partial charge on any atom is 0.220 e. The lowest BCUT2D eigenvalue weighted by Crippen LogP contribution is -2.29. The number of rotatable bonds is 6. The highest BCUT2D eigenvalue weighted by atomic mass is 16.5. The summed E-state index contributed by atoms with van der Waals surface area (Å²) in [6, 6.07) is 0. The number of ether oxygens (including phenoxy) is 1. The van der Waals surface area contributed by atoms with E-state index in [1.54, 1.807) is 0 Å². The zero-order valence-corrected chi connectivity index (χ0v) is 9.71. The third-order valence-corrected chi connectivity index (χ3v) is 2.51. The van der Waals surface area contributed by atoms with Crippen molar-refractivity contribution in [2.24, 2.45) is 5.92 Å². The molecule has 0 bridgehead atoms. The number of amides is 1. The average Bonchev–Trinajstić information content (AvgIpc) is 2.64. The molecule has 15 heavy (non-hydrogen) atoms. The van der Waals surface area contributed by atoms with Crippen LogP contribution in [-0.4, -0.2) is 38.3 Å². The summed E-state index contributed by atoms with van der Waals surface area (Å²) in [6.07, 6.45) is 2.01. The van der Waals surface area contributed by atoms with Crippen molar-refractivity contribution in [2.45, 2.75) is 32.8 Å². The van der Waals surface area contributed by atoms with Crippen molar-refractivity contribution in [3.8, 4) is 0 Å². The molecule has 1 rings (SSSR count). The van der Waals surface area contributed by atoms with Crippen LogP contribution in [0.15, 0.2) is 0 Å². The van der Waals surface area contributed by atoms with Crippen LogP contribution < -0.4 is 10.6 Å². The standard InChI is InChI=1S/C11H22N2O2/c1-9(2)15-6-5-13-11(14)7-10-3-4-12-8-10/h9-10,12H,3-8H2,1-2H3,(H,13,14). The highest BCUT2D eigenvalue weighted by Crippen LogP contribution is 2.11. The van der Waals surface area contributed by atoms with Crippen molar-refractivity contribution in [1.82, 2.24) is 10.6 Å². The van der Waals surface area contributed by atoms with Gasteiger partial charge >= 0.3 is 0 Å². The zero-order valence-electron chi connectivity index (χ0n) is 9.71. The third kappa shape index (κ3) is 5.74.